The zero-order valence-electron chi connectivity index (χ0n) is 17.0. The van der Waals surface area contributed by atoms with E-state index in [9.17, 15) is 9.59 Å². The second-order valence-corrected chi connectivity index (χ2v) is 8.64. The number of carbonyl (C=O) groups excluding carboxylic acids is 2. The maximum absolute atomic E-state index is 12.3. The molecule has 2 N–H and O–H groups in total. The van der Waals surface area contributed by atoms with Crippen LogP contribution in [0.15, 0.2) is 53.8 Å². The predicted octanol–water partition coefficient (Wildman–Crippen LogP) is 4.50. The van der Waals surface area contributed by atoms with Crippen molar-refractivity contribution in [3.8, 4) is 5.75 Å². The van der Waals surface area contributed by atoms with Crippen LogP contribution in [-0.2, 0) is 11.8 Å². The molecule has 0 bridgehead atoms. The number of nitrogens with one attached hydrogen (secondary N) is 2. The van der Waals surface area contributed by atoms with Crippen LogP contribution in [-0.4, -0.2) is 33.9 Å². The molecule has 0 atom stereocenters. The van der Waals surface area contributed by atoms with Gasteiger partial charge in [0.1, 0.15) is 5.75 Å². The van der Waals surface area contributed by atoms with Crippen molar-refractivity contribution in [2.75, 3.05) is 11.9 Å². The van der Waals surface area contributed by atoms with E-state index in [-0.39, 0.29) is 12.5 Å². The predicted molar refractivity (Wildman–Crippen MR) is 133 cm³/mol. The number of hydrogen-bond acceptors (Lipinski definition) is 5. The van der Waals surface area contributed by atoms with Gasteiger partial charge in [-0.3, -0.25) is 14.3 Å². The van der Waals surface area contributed by atoms with Crippen LogP contribution in [0.3, 0.4) is 0 Å². The van der Waals surface area contributed by atoms with E-state index in [4.69, 9.17) is 27.9 Å². The van der Waals surface area contributed by atoms with Crippen LogP contribution in [0.4, 0.5) is 5.69 Å². The first-order chi connectivity index (χ1) is 15.2. The number of nitrogens with zero attached hydrogens (tertiary/aromatic N) is 3. The van der Waals surface area contributed by atoms with Crippen molar-refractivity contribution in [3.05, 3.63) is 73.5 Å². The van der Waals surface area contributed by atoms with E-state index in [1.165, 1.54) is 6.07 Å². The average molecular weight is 586 g/mol. The van der Waals surface area contributed by atoms with Crippen molar-refractivity contribution >= 4 is 69.0 Å². The van der Waals surface area contributed by atoms with E-state index in [1.807, 2.05) is 28.7 Å². The van der Waals surface area contributed by atoms with Gasteiger partial charge in [-0.15, -0.1) is 0 Å². The third-order valence-corrected chi connectivity index (χ3v) is 5.46. The van der Waals surface area contributed by atoms with E-state index < -0.39 is 5.91 Å². The minimum atomic E-state index is -0.406. The topological polar surface area (TPSA) is 97.6 Å². The van der Waals surface area contributed by atoms with Crippen molar-refractivity contribution in [1.29, 1.82) is 0 Å². The molecule has 3 rings (SSSR count). The molecule has 0 fully saturated rings. The Morgan fingerprint density at radius 1 is 1.22 bits per heavy atom. The Kier molecular flexibility index (Phi) is 8.10. The summed E-state index contributed by atoms with van der Waals surface area (Å²) in [6, 6.07) is 11.8. The first kappa shape index (κ1) is 24.0. The van der Waals surface area contributed by atoms with Gasteiger partial charge in [-0.25, -0.2) is 5.43 Å². The monoisotopic (exact) mass is 585 g/mol. The molecule has 166 valence electrons. The molecule has 8 nitrogen and oxygen atoms in total. The number of ether oxygens (including phenoxy) is 1. The van der Waals surface area contributed by atoms with Crippen LogP contribution in [0.1, 0.15) is 23.0 Å². The second kappa shape index (κ2) is 10.8. The summed E-state index contributed by atoms with van der Waals surface area (Å²) < 4.78 is 7.72. The number of hydrazone groups is 1. The number of carbonyl (C=O) groups is 2. The standard InChI is InChI=1S/C21H18Cl2IN5O3/c1-12(26-27-21(31)20-17(24)10-29(2)28-20)13-4-3-5-15(8-13)25-19(30)11-32-18-7-6-14(22)9-16(18)23/h3-10H,11H2,1-2H3,(H,25,30)(H,27,31)/b26-12+. The lowest BCUT2D eigenvalue weighted by molar-refractivity contribution is -0.118. The molecule has 0 aliphatic heterocycles. The summed E-state index contributed by atoms with van der Waals surface area (Å²) in [5, 5.41) is 11.8. The minimum Gasteiger partial charge on any atom is -0.482 e. The van der Waals surface area contributed by atoms with Gasteiger partial charge in [0.25, 0.3) is 11.8 Å². The number of aryl methyl sites for hydroxylation is 1. The van der Waals surface area contributed by atoms with Gasteiger partial charge in [0.2, 0.25) is 0 Å². The first-order valence-corrected chi connectivity index (χ1v) is 11.1. The maximum Gasteiger partial charge on any atom is 0.292 e. The fourth-order valence-electron chi connectivity index (χ4n) is 2.62. The fraction of sp³-hybridized carbons (Fsp3) is 0.143. The number of amides is 2. The molecule has 2 aromatic carbocycles. The highest BCUT2D eigenvalue weighted by molar-refractivity contribution is 14.1. The Bertz CT molecular complexity index is 1200. The molecule has 3 aromatic rings. The van der Waals surface area contributed by atoms with E-state index >= 15 is 0 Å². The Hall–Kier alpha value is -2.63. The lowest BCUT2D eigenvalue weighted by atomic mass is 10.1. The van der Waals surface area contributed by atoms with Crippen LogP contribution < -0.4 is 15.5 Å². The van der Waals surface area contributed by atoms with Crippen LogP contribution in [0.5, 0.6) is 5.75 Å². The van der Waals surface area contributed by atoms with Gasteiger partial charge in [0, 0.05) is 24.0 Å². The minimum absolute atomic E-state index is 0.225. The molecule has 0 saturated heterocycles. The van der Waals surface area contributed by atoms with Gasteiger partial charge >= 0.3 is 0 Å². The number of halogens is 3. The second-order valence-electron chi connectivity index (χ2n) is 6.63. The number of hydrogen-bond donors (Lipinski definition) is 2. The normalized spacial score (nSPS) is 11.2. The van der Waals surface area contributed by atoms with Crippen molar-refractivity contribution in [1.82, 2.24) is 15.2 Å². The molecular weight excluding hydrogens is 568 g/mol. The summed E-state index contributed by atoms with van der Waals surface area (Å²) in [6.07, 6.45) is 1.74. The summed E-state index contributed by atoms with van der Waals surface area (Å²) in [6.45, 7) is 1.52. The molecule has 32 heavy (non-hydrogen) atoms. The first-order valence-electron chi connectivity index (χ1n) is 9.25. The fourth-order valence-corrected chi connectivity index (χ4v) is 3.84. The van der Waals surface area contributed by atoms with Gasteiger partial charge < -0.3 is 10.1 Å². The molecule has 11 heteroatoms. The molecule has 2 amide bonds. The van der Waals surface area contributed by atoms with Crippen molar-refractivity contribution in [3.63, 3.8) is 0 Å². The summed E-state index contributed by atoms with van der Waals surface area (Å²) in [5.74, 6) is -0.404. The van der Waals surface area contributed by atoms with E-state index in [0.717, 1.165) is 9.13 Å². The summed E-state index contributed by atoms with van der Waals surface area (Å²) >= 11 is 13.9. The summed E-state index contributed by atoms with van der Waals surface area (Å²) in [4.78, 5) is 24.5. The molecule has 0 spiro atoms. The number of anilines is 1. The van der Waals surface area contributed by atoms with Crippen LogP contribution in [0.25, 0.3) is 0 Å². The maximum atomic E-state index is 12.3. The summed E-state index contributed by atoms with van der Waals surface area (Å²) in [5.41, 5.74) is 4.63. The third-order valence-electron chi connectivity index (χ3n) is 4.14. The highest BCUT2D eigenvalue weighted by Gasteiger charge is 2.14. The zero-order chi connectivity index (χ0) is 23.3. The van der Waals surface area contributed by atoms with Crippen LogP contribution in [0, 0.1) is 3.57 Å². The van der Waals surface area contributed by atoms with E-state index in [0.29, 0.717) is 32.9 Å². The van der Waals surface area contributed by atoms with Gasteiger partial charge in [-0.1, -0.05) is 35.3 Å². The Balaban J connectivity index is 1.60. The lowest BCUT2D eigenvalue weighted by Gasteiger charge is -2.10. The molecule has 0 aliphatic carbocycles. The largest absolute Gasteiger partial charge is 0.482 e. The molecule has 0 unspecified atom stereocenters. The Morgan fingerprint density at radius 3 is 2.69 bits per heavy atom. The van der Waals surface area contributed by atoms with E-state index in [2.05, 4.69) is 20.9 Å². The Morgan fingerprint density at radius 2 is 2.00 bits per heavy atom. The van der Waals surface area contributed by atoms with Gasteiger partial charge in [-0.05, 0) is 65.4 Å². The molecule has 0 radical (unpaired) electrons. The third kappa shape index (κ3) is 6.44. The quantitative estimate of drug-likeness (QED) is 0.242. The van der Waals surface area contributed by atoms with Gasteiger partial charge in [-0.2, -0.15) is 10.2 Å². The van der Waals surface area contributed by atoms with Crippen LogP contribution in [0.2, 0.25) is 10.0 Å². The Labute approximate surface area is 208 Å². The SMILES string of the molecule is C/C(=N\NC(=O)c1nn(C)cc1I)c1cccc(NC(=O)COc2ccc(Cl)cc2Cl)c1. The highest BCUT2D eigenvalue weighted by Crippen LogP contribution is 2.27. The van der Waals surface area contributed by atoms with Crippen LogP contribution >= 0.6 is 45.8 Å². The zero-order valence-corrected chi connectivity index (χ0v) is 20.7. The average Bonchev–Trinajstić information content (AvgIpc) is 3.09. The molecule has 1 heterocycles. The van der Waals surface area contributed by atoms with Crippen molar-refractivity contribution in [2.24, 2.45) is 12.1 Å². The van der Waals surface area contributed by atoms with Gasteiger partial charge in [0.15, 0.2) is 12.3 Å². The number of rotatable bonds is 7. The van der Waals surface area contributed by atoms with Gasteiger partial charge in [0.05, 0.1) is 14.3 Å². The van der Waals surface area contributed by atoms with Crippen molar-refractivity contribution < 1.29 is 14.3 Å². The van der Waals surface area contributed by atoms with Crippen molar-refractivity contribution in [2.45, 2.75) is 6.92 Å². The molecule has 0 saturated carbocycles. The lowest BCUT2D eigenvalue weighted by Crippen LogP contribution is -2.21. The smallest absolute Gasteiger partial charge is 0.292 e. The highest BCUT2D eigenvalue weighted by atomic mass is 127. The number of benzene rings is 2. The summed E-state index contributed by atoms with van der Waals surface area (Å²) in [7, 11) is 1.74. The molecule has 0 aliphatic rings. The van der Waals surface area contributed by atoms with E-state index in [1.54, 1.807) is 55.2 Å². The molecule has 1 aromatic heterocycles. The molecular formula is C21H18Cl2IN5O3. The number of aromatic nitrogens is 2.